The van der Waals surface area contributed by atoms with Gasteiger partial charge in [-0.15, -0.1) is 0 Å². The van der Waals surface area contributed by atoms with Gasteiger partial charge in [0.2, 0.25) is 0 Å². The Bertz CT molecular complexity index is 1050. The van der Waals surface area contributed by atoms with E-state index in [1.807, 2.05) is 50.2 Å². The van der Waals surface area contributed by atoms with Crippen LogP contribution >= 0.6 is 0 Å². The van der Waals surface area contributed by atoms with Crippen LogP contribution in [-0.2, 0) is 4.74 Å². The molecule has 3 N–H and O–H groups in total. The van der Waals surface area contributed by atoms with Crippen LogP contribution in [0.4, 0.5) is 4.79 Å². The first-order valence-electron chi connectivity index (χ1n) is 10.5. The summed E-state index contributed by atoms with van der Waals surface area (Å²) in [5.41, 5.74) is 7.38. The molecule has 0 heterocycles. The number of amides is 1. The first-order valence-corrected chi connectivity index (χ1v) is 10.5. The predicted molar refractivity (Wildman–Crippen MR) is 120 cm³/mol. The lowest BCUT2D eigenvalue weighted by Crippen LogP contribution is -2.36. The van der Waals surface area contributed by atoms with Crippen molar-refractivity contribution in [2.75, 3.05) is 13.2 Å². The number of aliphatic hydroxyl groups is 2. The van der Waals surface area contributed by atoms with E-state index in [2.05, 4.69) is 29.6 Å². The average Bonchev–Trinajstić information content (AvgIpc) is 3.11. The Balaban J connectivity index is 1.34. The first-order chi connectivity index (χ1) is 15.0. The fraction of sp³-hybridized carbons (Fsp3) is 0.269. The van der Waals surface area contributed by atoms with Crippen molar-refractivity contribution in [2.24, 2.45) is 0 Å². The fourth-order valence-corrected chi connectivity index (χ4v) is 4.12. The number of aliphatic hydroxyl groups excluding tert-OH is 2. The largest absolute Gasteiger partial charge is 0.449 e. The lowest BCUT2D eigenvalue weighted by Gasteiger charge is -2.20. The molecule has 0 saturated carbocycles. The van der Waals surface area contributed by atoms with Crippen LogP contribution in [0.5, 0.6) is 0 Å². The van der Waals surface area contributed by atoms with Crippen molar-refractivity contribution in [3.8, 4) is 11.1 Å². The summed E-state index contributed by atoms with van der Waals surface area (Å²) in [6.45, 7) is 4.04. The average molecular weight is 418 g/mol. The number of hydrogen-bond donors (Lipinski definition) is 3. The van der Waals surface area contributed by atoms with Gasteiger partial charge < -0.3 is 20.3 Å². The maximum atomic E-state index is 12.3. The van der Waals surface area contributed by atoms with Crippen molar-refractivity contribution < 1.29 is 19.7 Å². The maximum Gasteiger partial charge on any atom is 0.407 e. The van der Waals surface area contributed by atoms with Crippen LogP contribution in [0.25, 0.3) is 11.1 Å². The van der Waals surface area contributed by atoms with Crippen LogP contribution in [0.2, 0.25) is 0 Å². The molecule has 31 heavy (non-hydrogen) atoms. The zero-order valence-electron chi connectivity index (χ0n) is 17.7. The Morgan fingerprint density at radius 1 is 0.935 bits per heavy atom. The summed E-state index contributed by atoms with van der Waals surface area (Å²) in [5, 5.41) is 23.3. The molecule has 3 aromatic rings. The molecule has 0 fully saturated rings. The highest BCUT2D eigenvalue weighted by Crippen LogP contribution is 2.44. The first kappa shape index (κ1) is 21.1. The molecular weight excluding hydrogens is 390 g/mol. The molecule has 0 aliphatic heterocycles. The van der Waals surface area contributed by atoms with E-state index in [0.717, 1.165) is 22.3 Å². The summed E-state index contributed by atoms with van der Waals surface area (Å²) in [6.07, 6.45) is -2.84. The number of carbonyl (C=O) groups is 1. The minimum absolute atomic E-state index is 0.0239. The van der Waals surface area contributed by atoms with Crippen LogP contribution < -0.4 is 5.32 Å². The molecule has 0 bridgehead atoms. The Kier molecular flexibility index (Phi) is 6.07. The summed E-state index contributed by atoms with van der Waals surface area (Å²) < 4.78 is 5.47. The molecular formula is C26H27NO4. The van der Waals surface area contributed by atoms with E-state index in [-0.39, 0.29) is 19.1 Å². The van der Waals surface area contributed by atoms with Gasteiger partial charge >= 0.3 is 6.09 Å². The molecule has 1 aliphatic carbocycles. The number of rotatable bonds is 6. The molecule has 4 rings (SSSR count). The van der Waals surface area contributed by atoms with E-state index in [0.29, 0.717) is 5.56 Å². The molecule has 3 aromatic carbocycles. The summed E-state index contributed by atoms with van der Waals surface area (Å²) >= 11 is 0. The highest BCUT2D eigenvalue weighted by Gasteiger charge is 2.29. The molecule has 0 radical (unpaired) electrons. The summed E-state index contributed by atoms with van der Waals surface area (Å²) in [4.78, 5) is 12.3. The molecule has 0 aromatic heterocycles. The van der Waals surface area contributed by atoms with E-state index in [1.165, 1.54) is 11.1 Å². The van der Waals surface area contributed by atoms with Crippen molar-refractivity contribution in [1.29, 1.82) is 0 Å². The molecule has 1 amide bonds. The number of carbonyl (C=O) groups excluding carboxylic acids is 1. The second-order valence-electron chi connectivity index (χ2n) is 8.06. The molecule has 0 saturated heterocycles. The zero-order chi connectivity index (χ0) is 22.0. The smallest absolute Gasteiger partial charge is 0.407 e. The minimum Gasteiger partial charge on any atom is -0.449 e. The summed E-state index contributed by atoms with van der Waals surface area (Å²) in [6, 6.07) is 21.8. The zero-order valence-corrected chi connectivity index (χ0v) is 17.7. The number of nitrogens with one attached hydrogen (secondary N) is 1. The standard InChI is InChI=1S/C26H27NO4/c1-16-11-12-18(13-17(16)2)25(29)24(28)14-27-26(30)31-15-23-21-9-5-3-7-19(21)20-8-4-6-10-22(20)23/h3-13,23-25,28-29H,14-15H2,1-2H3,(H,27,30). The second kappa shape index (κ2) is 8.92. The number of benzene rings is 3. The summed E-state index contributed by atoms with van der Waals surface area (Å²) in [7, 11) is 0. The molecule has 1 aliphatic rings. The van der Waals surface area contributed by atoms with Crippen molar-refractivity contribution in [1.82, 2.24) is 5.32 Å². The summed E-state index contributed by atoms with van der Waals surface area (Å²) in [5.74, 6) is -0.0239. The lowest BCUT2D eigenvalue weighted by molar-refractivity contribution is 0.0185. The van der Waals surface area contributed by atoms with Gasteiger partial charge in [-0.1, -0.05) is 66.7 Å². The van der Waals surface area contributed by atoms with Crippen molar-refractivity contribution in [2.45, 2.75) is 32.0 Å². The van der Waals surface area contributed by atoms with Crippen LogP contribution in [0.3, 0.4) is 0 Å². The van der Waals surface area contributed by atoms with Crippen LogP contribution in [0.1, 0.15) is 39.8 Å². The number of hydrogen-bond acceptors (Lipinski definition) is 4. The molecule has 160 valence electrons. The third-order valence-electron chi connectivity index (χ3n) is 6.04. The van der Waals surface area contributed by atoms with Gasteiger partial charge in [0.05, 0.1) is 0 Å². The third kappa shape index (κ3) is 4.33. The van der Waals surface area contributed by atoms with Gasteiger partial charge in [0, 0.05) is 12.5 Å². The predicted octanol–water partition coefficient (Wildman–Crippen LogP) is 4.24. The van der Waals surface area contributed by atoms with E-state index in [9.17, 15) is 15.0 Å². The van der Waals surface area contributed by atoms with Crippen molar-refractivity contribution >= 4 is 6.09 Å². The quantitative estimate of drug-likeness (QED) is 0.561. The third-order valence-corrected chi connectivity index (χ3v) is 6.04. The Labute approximate surface area is 182 Å². The van der Waals surface area contributed by atoms with Gasteiger partial charge in [0.15, 0.2) is 0 Å². The lowest BCUT2D eigenvalue weighted by atomic mass is 9.98. The SMILES string of the molecule is Cc1ccc(C(O)C(O)CNC(=O)OCC2c3ccccc3-c3ccccc32)cc1C. The van der Waals surface area contributed by atoms with E-state index in [4.69, 9.17) is 4.74 Å². The number of aryl methyl sites for hydroxylation is 2. The van der Waals surface area contributed by atoms with Gasteiger partial charge in [0.25, 0.3) is 0 Å². The van der Waals surface area contributed by atoms with E-state index in [1.54, 1.807) is 6.07 Å². The van der Waals surface area contributed by atoms with Gasteiger partial charge in [0.1, 0.15) is 18.8 Å². The van der Waals surface area contributed by atoms with Crippen molar-refractivity contribution in [3.05, 3.63) is 94.5 Å². The molecule has 2 atom stereocenters. The van der Waals surface area contributed by atoms with E-state index < -0.39 is 18.3 Å². The topological polar surface area (TPSA) is 78.8 Å². The number of alkyl carbamates (subject to hydrolysis) is 1. The molecule has 5 heteroatoms. The molecule has 2 unspecified atom stereocenters. The normalized spacial score (nSPS) is 14.5. The second-order valence-corrected chi connectivity index (χ2v) is 8.06. The van der Waals surface area contributed by atoms with Crippen LogP contribution in [0, 0.1) is 13.8 Å². The highest BCUT2D eigenvalue weighted by molar-refractivity contribution is 5.79. The minimum atomic E-state index is -1.14. The van der Waals surface area contributed by atoms with Gasteiger partial charge in [-0.2, -0.15) is 0 Å². The molecule has 5 nitrogen and oxygen atoms in total. The van der Waals surface area contributed by atoms with Crippen LogP contribution in [0.15, 0.2) is 66.7 Å². The Hall–Kier alpha value is -3.15. The van der Waals surface area contributed by atoms with E-state index >= 15 is 0 Å². The fourth-order valence-electron chi connectivity index (χ4n) is 4.12. The highest BCUT2D eigenvalue weighted by atomic mass is 16.5. The van der Waals surface area contributed by atoms with Crippen LogP contribution in [-0.4, -0.2) is 35.6 Å². The maximum absolute atomic E-state index is 12.3. The van der Waals surface area contributed by atoms with Gasteiger partial charge in [-0.05, 0) is 52.8 Å². The van der Waals surface area contributed by atoms with Gasteiger partial charge in [-0.3, -0.25) is 0 Å². The number of fused-ring (bicyclic) bond motifs is 3. The Morgan fingerprint density at radius 2 is 1.55 bits per heavy atom. The molecule has 0 spiro atoms. The number of ether oxygens (including phenoxy) is 1. The van der Waals surface area contributed by atoms with Crippen molar-refractivity contribution in [3.63, 3.8) is 0 Å². The monoisotopic (exact) mass is 417 g/mol. The Morgan fingerprint density at radius 3 is 2.16 bits per heavy atom. The van der Waals surface area contributed by atoms with Gasteiger partial charge in [-0.25, -0.2) is 4.79 Å².